The third-order valence-electron chi connectivity index (χ3n) is 4.57. The molecule has 6 heteroatoms. The molecule has 0 aliphatic heterocycles. The third kappa shape index (κ3) is 3.03. The van der Waals surface area contributed by atoms with Crippen LogP contribution in [-0.4, -0.2) is 25.7 Å². The Morgan fingerprint density at radius 1 is 1.24 bits per heavy atom. The fourth-order valence-electron chi connectivity index (χ4n) is 3.25. The van der Waals surface area contributed by atoms with Gasteiger partial charge < -0.3 is 5.32 Å². The number of benzene rings is 1. The fraction of sp³-hybridized carbons (Fsp3) is 0.263. The molecule has 6 nitrogen and oxygen atoms in total. The van der Waals surface area contributed by atoms with Gasteiger partial charge in [-0.1, -0.05) is 30.3 Å². The Morgan fingerprint density at radius 2 is 2.08 bits per heavy atom. The summed E-state index contributed by atoms with van der Waals surface area (Å²) in [5.74, 6) is 0.614. The highest BCUT2D eigenvalue weighted by molar-refractivity contribution is 5.92. The molecule has 0 saturated carbocycles. The van der Waals surface area contributed by atoms with E-state index in [1.54, 1.807) is 24.0 Å². The molecule has 0 bridgehead atoms. The highest BCUT2D eigenvalue weighted by Crippen LogP contribution is 2.29. The number of nitrogens with one attached hydrogen (secondary N) is 1. The lowest BCUT2D eigenvalue weighted by Crippen LogP contribution is -2.32. The van der Waals surface area contributed by atoms with Gasteiger partial charge in [0.2, 0.25) is 0 Å². The Balaban J connectivity index is 1.60. The normalized spacial score (nSPS) is 16.3. The van der Waals surface area contributed by atoms with E-state index in [1.807, 2.05) is 36.5 Å². The van der Waals surface area contributed by atoms with Gasteiger partial charge >= 0.3 is 0 Å². The topological polar surface area (TPSA) is 72.7 Å². The molecule has 1 aliphatic rings. The fourth-order valence-corrected chi connectivity index (χ4v) is 3.25. The summed E-state index contributed by atoms with van der Waals surface area (Å²) in [5, 5.41) is 7.15. The third-order valence-corrected chi connectivity index (χ3v) is 4.57. The molecule has 1 aromatic carbocycles. The van der Waals surface area contributed by atoms with Crippen molar-refractivity contribution in [3.05, 3.63) is 65.7 Å². The van der Waals surface area contributed by atoms with Crippen LogP contribution < -0.4 is 5.32 Å². The molecule has 0 saturated heterocycles. The largest absolute Gasteiger partial charge is 0.344 e. The average molecular weight is 333 g/mol. The van der Waals surface area contributed by atoms with Crippen LogP contribution in [0.3, 0.4) is 0 Å². The first-order chi connectivity index (χ1) is 12.2. The molecular formula is C19H19N5O. The number of hydrogen-bond donors (Lipinski definition) is 1. The number of carbonyl (C=O) groups is 1. The van der Waals surface area contributed by atoms with E-state index >= 15 is 0 Å². The predicted octanol–water partition coefficient (Wildman–Crippen LogP) is 2.68. The Labute approximate surface area is 145 Å². The lowest BCUT2D eigenvalue weighted by molar-refractivity contribution is 0.0923. The van der Waals surface area contributed by atoms with Crippen molar-refractivity contribution >= 4 is 5.91 Å². The van der Waals surface area contributed by atoms with Crippen LogP contribution in [0.2, 0.25) is 0 Å². The second-order valence-electron chi connectivity index (χ2n) is 6.22. The summed E-state index contributed by atoms with van der Waals surface area (Å²) in [7, 11) is 1.76. The van der Waals surface area contributed by atoms with E-state index in [2.05, 4.69) is 15.4 Å². The van der Waals surface area contributed by atoms with Crippen LogP contribution in [-0.2, 0) is 13.5 Å². The van der Waals surface area contributed by atoms with E-state index in [4.69, 9.17) is 4.98 Å². The summed E-state index contributed by atoms with van der Waals surface area (Å²) in [6, 6.07) is 11.6. The van der Waals surface area contributed by atoms with Crippen LogP contribution in [0.5, 0.6) is 0 Å². The second kappa shape index (κ2) is 6.47. The number of hydrogen-bond acceptors (Lipinski definition) is 4. The van der Waals surface area contributed by atoms with E-state index in [-0.39, 0.29) is 11.9 Å². The minimum Gasteiger partial charge on any atom is -0.344 e. The standard InChI is InChI=1S/C19H19N5O/c1-24-17(10-11-21-24)19(25)23-16-9-5-8-15-14(16)12-20-18(22-15)13-6-3-2-4-7-13/h2-4,6-7,10-12,16H,5,8-9H2,1H3,(H,23,25)/t16-/m1/s1. The molecule has 0 fully saturated rings. The Morgan fingerprint density at radius 3 is 2.84 bits per heavy atom. The SMILES string of the molecule is Cn1nccc1C(=O)N[C@@H]1CCCc2nc(-c3ccccc3)ncc21. The monoisotopic (exact) mass is 333 g/mol. The molecule has 4 rings (SSSR count). The van der Waals surface area contributed by atoms with E-state index < -0.39 is 0 Å². The predicted molar refractivity (Wildman–Crippen MR) is 93.8 cm³/mol. The smallest absolute Gasteiger partial charge is 0.270 e. The lowest BCUT2D eigenvalue weighted by Gasteiger charge is -2.25. The highest BCUT2D eigenvalue weighted by atomic mass is 16.2. The van der Waals surface area contributed by atoms with Gasteiger partial charge in [-0.3, -0.25) is 9.48 Å². The molecule has 126 valence electrons. The van der Waals surface area contributed by atoms with Crippen molar-refractivity contribution in [1.29, 1.82) is 0 Å². The van der Waals surface area contributed by atoms with Crippen LogP contribution in [0.1, 0.15) is 40.6 Å². The molecule has 0 radical (unpaired) electrons. The van der Waals surface area contributed by atoms with Crippen molar-refractivity contribution in [2.24, 2.45) is 7.05 Å². The maximum Gasteiger partial charge on any atom is 0.270 e. The quantitative estimate of drug-likeness (QED) is 0.800. The summed E-state index contributed by atoms with van der Waals surface area (Å²) in [6.07, 6.45) is 6.28. The maximum absolute atomic E-state index is 12.5. The molecule has 0 spiro atoms. The zero-order valence-corrected chi connectivity index (χ0v) is 14.0. The van der Waals surface area contributed by atoms with Gasteiger partial charge in [0, 0.05) is 36.3 Å². The van der Waals surface area contributed by atoms with Gasteiger partial charge in [-0.05, 0) is 25.3 Å². The second-order valence-corrected chi connectivity index (χ2v) is 6.22. The number of rotatable bonds is 3. The molecule has 2 heterocycles. The van der Waals surface area contributed by atoms with E-state index in [0.29, 0.717) is 5.69 Å². The van der Waals surface area contributed by atoms with Crippen LogP contribution in [0, 0.1) is 0 Å². The lowest BCUT2D eigenvalue weighted by atomic mass is 9.92. The Hall–Kier alpha value is -3.02. The van der Waals surface area contributed by atoms with E-state index in [1.165, 1.54) is 0 Å². The summed E-state index contributed by atoms with van der Waals surface area (Å²) in [4.78, 5) is 21.7. The summed E-state index contributed by atoms with van der Waals surface area (Å²) < 4.78 is 1.58. The molecule has 0 unspecified atom stereocenters. The number of aromatic nitrogens is 4. The van der Waals surface area contributed by atoms with Gasteiger partial charge in [0.15, 0.2) is 5.82 Å². The number of carbonyl (C=O) groups excluding carboxylic acids is 1. The molecule has 1 atom stereocenters. The first-order valence-electron chi connectivity index (χ1n) is 8.42. The number of aryl methyl sites for hydroxylation is 2. The van der Waals surface area contributed by atoms with Crippen LogP contribution >= 0.6 is 0 Å². The molecule has 1 N–H and O–H groups in total. The first kappa shape index (κ1) is 15.5. The van der Waals surface area contributed by atoms with Crippen LogP contribution in [0.4, 0.5) is 0 Å². The first-order valence-corrected chi connectivity index (χ1v) is 8.42. The van der Waals surface area contributed by atoms with Gasteiger partial charge in [-0.15, -0.1) is 0 Å². The number of fused-ring (bicyclic) bond motifs is 1. The van der Waals surface area contributed by atoms with Gasteiger partial charge in [0.1, 0.15) is 5.69 Å². The molecular weight excluding hydrogens is 314 g/mol. The van der Waals surface area contributed by atoms with Gasteiger partial charge in [-0.2, -0.15) is 5.10 Å². The molecule has 1 aliphatic carbocycles. The van der Waals surface area contributed by atoms with Gasteiger partial charge in [-0.25, -0.2) is 9.97 Å². The van der Waals surface area contributed by atoms with Crippen molar-refractivity contribution < 1.29 is 4.79 Å². The summed E-state index contributed by atoms with van der Waals surface area (Å²) in [5.41, 5.74) is 3.59. The molecule has 1 amide bonds. The van der Waals surface area contributed by atoms with E-state index in [9.17, 15) is 4.79 Å². The van der Waals surface area contributed by atoms with Crippen molar-refractivity contribution in [2.45, 2.75) is 25.3 Å². The zero-order valence-electron chi connectivity index (χ0n) is 14.0. The van der Waals surface area contributed by atoms with Gasteiger partial charge in [0.25, 0.3) is 5.91 Å². The summed E-state index contributed by atoms with van der Waals surface area (Å²) in [6.45, 7) is 0. The van der Waals surface area contributed by atoms with Crippen molar-refractivity contribution in [3.8, 4) is 11.4 Å². The zero-order chi connectivity index (χ0) is 17.2. The minimum absolute atomic E-state index is 0.0593. The number of nitrogens with zero attached hydrogens (tertiary/aromatic N) is 4. The highest BCUT2D eigenvalue weighted by Gasteiger charge is 2.25. The van der Waals surface area contributed by atoms with Crippen LogP contribution in [0.25, 0.3) is 11.4 Å². The summed E-state index contributed by atoms with van der Waals surface area (Å²) >= 11 is 0. The van der Waals surface area contributed by atoms with E-state index in [0.717, 1.165) is 41.9 Å². The molecule has 25 heavy (non-hydrogen) atoms. The average Bonchev–Trinajstić information content (AvgIpc) is 3.08. The number of amides is 1. The molecule has 3 aromatic rings. The van der Waals surface area contributed by atoms with Crippen LogP contribution in [0.15, 0.2) is 48.8 Å². The Bertz CT molecular complexity index is 903. The minimum atomic E-state index is -0.120. The van der Waals surface area contributed by atoms with Crippen molar-refractivity contribution in [3.63, 3.8) is 0 Å². The van der Waals surface area contributed by atoms with Crippen molar-refractivity contribution in [1.82, 2.24) is 25.1 Å². The van der Waals surface area contributed by atoms with Gasteiger partial charge in [0.05, 0.1) is 6.04 Å². The Kier molecular flexibility index (Phi) is 4.01. The molecule has 2 aromatic heterocycles. The van der Waals surface area contributed by atoms with Crippen molar-refractivity contribution in [2.75, 3.05) is 0 Å². The maximum atomic E-state index is 12.5.